The van der Waals surface area contributed by atoms with Crippen LogP contribution in [-0.2, 0) is 11.3 Å². The SMILES string of the molecule is Cc1cccc(CN2CC(c3noc(-c4ccc(N(C)C)cc4)n3)CC2=O)c1. The Balaban J connectivity index is 1.46. The largest absolute Gasteiger partial charge is 0.378 e. The Hall–Kier alpha value is -3.15. The van der Waals surface area contributed by atoms with Crippen LogP contribution in [0, 0.1) is 6.92 Å². The van der Waals surface area contributed by atoms with E-state index in [1.807, 2.05) is 54.2 Å². The first kappa shape index (κ1) is 18.2. The van der Waals surface area contributed by atoms with Crippen LogP contribution in [0.3, 0.4) is 0 Å². The molecular formula is C22H24N4O2. The fourth-order valence-electron chi connectivity index (χ4n) is 3.55. The molecule has 6 heteroatoms. The summed E-state index contributed by atoms with van der Waals surface area (Å²) in [5.41, 5.74) is 4.33. The Morgan fingerprint density at radius 1 is 1.18 bits per heavy atom. The quantitative estimate of drug-likeness (QED) is 0.680. The van der Waals surface area contributed by atoms with E-state index >= 15 is 0 Å². The van der Waals surface area contributed by atoms with E-state index in [4.69, 9.17) is 4.52 Å². The van der Waals surface area contributed by atoms with Gasteiger partial charge < -0.3 is 14.3 Å². The number of aromatic nitrogens is 2. The number of nitrogens with zero attached hydrogens (tertiary/aromatic N) is 4. The zero-order valence-corrected chi connectivity index (χ0v) is 16.4. The number of hydrogen-bond acceptors (Lipinski definition) is 5. The lowest BCUT2D eigenvalue weighted by molar-refractivity contribution is -0.128. The summed E-state index contributed by atoms with van der Waals surface area (Å²) < 4.78 is 5.46. The van der Waals surface area contributed by atoms with Gasteiger partial charge in [0.05, 0.1) is 0 Å². The van der Waals surface area contributed by atoms with E-state index in [2.05, 4.69) is 35.3 Å². The summed E-state index contributed by atoms with van der Waals surface area (Å²) in [7, 11) is 4.00. The van der Waals surface area contributed by atoms with Crippen molar-refractivity contribution in [2.75, 3.05) is 25.5 Å². The first-order valence-corrected chi connectivity index (χ1v) is 9.44. The Bertz CT molecular complexity index is 978. The number of hydrogen-bond donors (Lipinski definition) is 0. The van der Waals surface area contributed by atoms with E-state index < -0.39 is 0 Å². The highest BCUT2D eigenvalue weighted by Gasteiger charge is 2.33. The van der Waals surface area contributed by atoms with Crippen LogP contribution in [0.5, 0.6) is 0 Å². The van der Waals surface area contributed by atoms with Crippen molar-refractivity contribution < 1.29 is 9.32 Å². The van der Waals surface area contributed by atoms with Crippen molar-refractivity contribution in [2.24, 2.45) is 0 Å². The highest BCUT2D eigenvalue weighted by atomic mass is 16.5. The lowest BCUT2D eigenvalue weighted by Gasteiger charge is -2.16. The predicted octanol–water partition coefficient (Wildman–Crippen LogP) is 3.63. The summed E-state index contributed by atoms with van der Waals surface area (Å²) in [6.45, 7) is 3.29. The number of carbonyl (C=O) groups excluding carboxylic acids is 1. The van der Waals surface area contributed by atoms with Gasteiger partial charge in [-0.2, -0.15) is 4.98 Å². The molecule has 4 rings (SSSR count). The molecule has 1 unspecified atom stereocenters. The third-order valence-corrected chi connectivity index (χ3v) is 5.11. The molecule has 1 atom stereocenters. The van der Waals surface area contributed by atoms with Crippen molar-refractivity contribution >= 4 is 11.6 Å². The molecule has 0 spiro atoms. The molecule has 0 aliphatic carbocycles. The second-order valence-electron chi connectivity index (χ2n) is 7.56. The van der Waals surface area contributed by atoms with Crippen LogP contribution in [0.4, 0.5) is 5.69 Å². The van der Waals surface area contributed by atoms with Gasteiger partial charge in [0.1, 0.15) is 0 Å². The summed E-state index contributed by atoms with van der Waals surface area (Å²) in [5, 5.41) is 4.15. The first-order chi connectivity index (χ1) is 13.5. The van der Waals surface area contributed by atoms with Gasteiger partial charge in [-0.25, -0.2) is 0 Å². The highest BCUT2D eigenvalue weighted by Crippen LogP contribution is 2.29. The number of likely N-dealkylation sites (tertiary alicyclic amines) is 1. The Morgan fingerprint density at radius 2 is 1.96 bits per heavy atom. The van der Waals surface area contributed by atoms with Crippen LogP contribution < -0.4 is 4.90 Å². The molecule has 144 valence electrons. The molecule has 0 N–H and O–H groups in total. The lowest BCUT2D eigenvalue weighted by atomic mass is 10.1. The highest BCUT2D eigenvalue weighted by molar-refractivity contribution is 5.79. The first-order valence-electron chi connectivity index (χ1n) is 9.44. The maximum absolute atomic E-state index is 12.5. The number of aryl methyl sites for hydroxylation is 1. The van der Waals surface area contributed by atoms with Gasteiger partial charge in [0, 0.05) is 50.8 Å². The van der Waals surface area contributed by atoms with Crippen LogP contribution >= 0.6 is 0 Å². The third-order valence-electron chi connectivity index (χ3n) is 5.11. The van der Waals surface area contributed by atoms with Gasteiger partial charge in [-0.3, -0.25) is 4.79 Å². The summed E-state index contributed by atoms with van der Waals surface area (Å²) >= 11 is 0. The maximum atomic E-state index is 12.5. The van der Waals surface area contributed by atoms with Crippen molar-refractivity contribution in [1.82, 2.24) is 15.0 Å². The zero-order chi connectivity index (χ0) is 19.7. The minimum Gasteiger partial charge on any atom is -0.378 e. The van der Waals surface area contributed by atoms with Crippen molar-refractivity contribution in [3.63, 3.8) is 0 Å². The van der Waals surface area contributed by atoms with Gasteiger partial charge in [-0.15, -0.1) is 0 Å². The van der Waals surface area contributed by atoms with E-state index in [1.54, 1.807) is 0 Å². The monoisotopic (exact) mass is 376 g/mol. The van der Waals surface area contributed by atoms with Crippen molar-refractivity contribution in [2.45, 2.75) is 25.8 Å². The van der Waals surface area contributed by atoms with E-state index in [1.165, 1.54) is 5.56 Å². The Labute approximate surface area is 164 Å². The third kappa shape index (κ3) is 3.76. The average molecular weight is 376 g/mol. The number of anilines is 1. The molecule has 1 fully saturated rings. The molecule has 1 aromatic heterocycles. The summed E-state index contributed by atoms with van der Waals surface area (Å²) in [6, 6.07) is 16.2. The lowest BCUT2D eigenvalue weighted by Crippen LogP contribution is -2.24. The van der Waals surface area contributed by atoms with Crippen molar-refractivity contribution in [1.29, 1.82) is 0 Å². The minimum absolute atomic E-state index is 0.0316. The number of amides is 1. The van der Waals surface area contributed by atoms with Gasteiger partial charge in [0.15, 0.2) is 5.82 Å². The average Bonchev–Trinajstić information content (AvgIpc) is 3.29. The predicted molar refractivity (Wildman–Crippen MR) is 108 cm³/mol. The molecule has 0 saturated carbocycles. The molecule has 0 bridgehead atoms. The second kappa shape index (κ2) is 7.46. The van der Waals surface area contributed by atoms with Crippen LogP contribution in [0.1, 0.15) is 29.3 Å². The fraction of sp³-hybridized carbons (Fsp3) is 0.318. The number of rotatable bonds is 5. The maximum Gasteiger partial charge on any atom is 0.257 e. The molecule has 1 aliphatic heterocycles. The van der Waals surface area contributed by atoms with Gasteiger partial charge in [0.2, 0.25) is 5.91 Å². The minimum atomic E-state index is -0.0316. The molecule has 1 amide bonds. The Kier molecular flexibility index (Phi) is 4.86. The van der Waals surface area contributed by atoms with Crippen molar-refractivity contribution in [3.05, 3.63) is 65.5 Å². The summed E-state index contributed by atoms with van der Waals surface area (Å²) in [5.74, 6) is 1.20. The normalized spacial score (nSPS) is 16.6. The summed E-state index contributed by atoms with van der Waals surface area (Å²) in [6.07, 6.45) is 0.421. The van der Waals surface area contributed by atoms with Crippen LogP contribution in [0.25, 0.3) is 11.5 Å². The van der Waals surface area contributed by atoms with Crippen LogP contribution in [-0.4, -0.2) is 41.6 Å². The topological polar surface area (TPSA) is 62.5 Å². The van der Waals surface area contributed by atoms with Gasteiger partial charge >= 0.3 is 0 Å². The fourth-order valence-corrected chi connectivity index (χ4v) is 3.55. The number of benzene rings is 2. The van der Waals surface area contributed by atoms with Crippen LogP contribution in [0.15, 0.2) is 53.1 Å². The van der Waals surface area contributed by atoms with Gasteiger partial charge in [-0.05, 0) is 36.8 Å². The smallest absolute Gasteiger partial charge is 0.257 e. The van der Waals surface area contributed by atoms with Gasteiger partial charge in [0.25, 0.3) is 5.89 Å². The molecule has 0 radical (unpaired) electrons. The van der Waals surface area contributed by atoms with E-state index in [0.29, 0.717) is 31.2 Å². The molecule has 1 saturated heterocycles. The summed E-state index contributed by atoms with van der Waals surface area (Å²) in [4.78, 5) is 20.9. The Morgan fingerprint density at radius 3 is 2.68 bits per heavy atom. The molecule has 28 heavy (non-hydrogen) atoms. The second-order valence-corrected chi connectivity index (χ2v) is 7.56. The molecular weight excluding hydrogens is 352 g/mol. The van der Waals surface area contributed by atoms with E-state index in [0.717, 1.165) is 16.8 Å². The van der Waals surface area contributed by atoms with Crippen molar-refractivity contribution in [3.8, 4) is 11.5 Å². The molecule has 1 aliphatic rings. The number of carbonyl (C=O) groups is 1. The van der Waals surface area contributed by atoms with E-state index in [9.17, 15) is 4.79 Å². The molecule has 6 nitrogen and oxygen atoms in total. The molecule has 3 aromatic rings. The standard InChI is InChI=1S/C22H24N4O2/c1-15-5-4-6-16(11-15)13-26-14-18(12-20(26)27)21-23-22(28-24-21)17-7-9-19(10-8-17)25(2)3/h4-11,18H,12-14H2,1-3H3. The molecule has 2 heterocycles. The zero-order valence-electron chi connectivity index (χ0n) is 16.4. The van der Waals surface area contributed by atoms with Gasteiger partial charge in [-0.1, -0.05) is 35.0 Å². The molecule has 2 aromatic carbocycles. The van der Waals surface area contributed by atoms with Crippen LogP contribution in [0.2, 0.25) is 0 Å². The van der Waals surface area contributed by atoms with E-state index in [-0.39, 0.29) is 11.8 Å².